The van der Waals surface area contributed by atoms with Crippen LogP contribution >= 0.6 is 11.8 Å². The van der Waals surface area contributed by atoms with E-state index < -0.39 is 34.5 Å². The van der Waals surface area contributed by atoms with Crippen LogP contribution in [-0.2, 0) is 6.18 Å². The molecule has 1 rings (SSSR count). The fraction of sp³-hybridized carbons (Fsp3) is 0.400. The maximum atomic E-state index is 13.2. The molecule has 9 heteroatoms. The van der Waals surface area contributed by atoms with E-state index in [2.05, 4.69) is 5.32 Å². The van der Waals surface area contributed by atoms with Crippen molar-refractivity contribution in [3.63, 3.8) is 0 Å². The van der Waals surface area contributed by atoms with E-state index >= 15 is 0 Å². The molecule has 1 N–H and O–H groups in total. The Hall–Kier alpha value is -1.12. The largest absolute Gasteiger partial charge is 0.441 e. The van der Waals surface area contributed by atoms with Crippen LogP contribution in [0.3, 0.4) is 0 Å². The first-order chi connectivity index (χ1) is 8.59. The van der Waals surface area contributed by atoms with Crippen molar-refractivity contribution in [2.75, 3.05) is 17.6 Å². The van der Waals surface area contributed by atoms with E-state index in [-0.39, 0.29) is 18.3 Å². The number of hydrogen-bond acceptors (Lipinski definition) is 2. The summed E-state index contributed by atoms with van der Waals surface area (Å²) in [5, 5.41) is 2.20. The van der Waals surface area contributed by atoms with E-state index in [0.29, 0.717) is 18.2 Å². The summed E-state index contributed by atoms with van der Waals surface area (Å²) in [4.78, 5) is 0. The molecule has 0 amide bonds. The molecule has 0 saturated heterocycles. The maximum absolute atomic E-state index is 13.2. The number of alkyl halides is 6. The smallest absolute Gasteiger partial charge is 0.382 e. The number of nitrogens with one attached hydrogen (secondary N) is 1. The second kappa shape index (κ2) is 5.89. The number of halogens is 7. The minimum Gasteiger partial charge on any atom is -0.382 e. The lowest BCUT2D eigenvalue weighted by molar-refractivity contribution is -0.137. The van der Waals surface area contributed by atoms with Gasteiger partial charge in [-0.15, -0.1) is 0 Å². The molecular weight excluding hydrogens is 299 g/mol. The van der Waals surface area contributed by atoms with Crippen LogP contribution in [0.1, 0.15) is 5.56 Å². The van der Waals surface area contributed by atoms with Gasteiger partial charge in [0.05, 0.1) is 11.3 Å². The number of rotatable bonds is 4. The zero-order valence-corrected chi connectivity index (χ0v) is 10.0. The van der Waals surface area contributed by atoms with E-state index in [1.54, 1.807) is 0 Å². The van der Waals surface area contributed by atoms with E-state index in [1.165, 1.54) is 0 Å². The normalized spacial score (nSPS) is 12.6. The van der Waals surface area contributed by atoms with Gasteiger partial charge in [-0.2, -0.15) is 26.3 Å². The van der Waals surface area contributed by atoms with Crippen LogP contribution in [0.5, 0.6) is 0 Å². The Labute approximate surface area is 108 Å². The molecule has 1 aromatic carbocycles. The fourth-order valence-corrected chi connectivity index (χ4v) is 1.63. The quantitative estimate of drug-likeness (QED) is 0.649. The maximum Gasteiger partial charge on any atom is 0.441 e. The lowest BCUT2D eigenvalue weighted by atomic mass is 10.2. The first-order valence-electron chi connectivity index (χ1n) is 4.91. The molecule has 19 heavy (non-hydrogen) atoms. The standard InChI is InChI=1S/C10H8F7NS/c11-7-2-1-6(9(12,13)14)5-8(7)18-3-4-19-10(15,16)17/h1-2,5,18H,3-4H2. The molecule has 1 nitrogen and oxygen atoms in total. The van der Waals surface area contributed by atoms with Crippen molar-refractivity contribution in [2.45, 2.75) is 11.7 Å². The van der Waals surface area contributed by atoms with Gasteiger partial charge in [0.25, 0.3) is 0 Å². The van der Waals surface area contributed by atoms with Gasteiger partial charge in [-0.3, -0.25) is 0 Å². The van der Waals surface area contributed by atoms with Crippen LogP contribution in [0.4, 0.5) is 36.4 Å². The molecule has 0 aliphatic heterocycles. The van der Waals surface area contributed by atoms with Crippen molar-refractivity contribution >= 4 is 17.4 Å². The van der Waals surface area contributed by atoms with E-state index in [1.807, 2.05) is 0 Å². The average molecular weight is 307 g/mol. The van der Waals surface area contributed by atoms with Crippen LogP contribution in [-0.4, -0.2) is 17.8 Å². The van der Waals surface area contributed by atoms with Gasteiger partial charge in [0, 0.05) is 12.3 Å². The summed E-state index contributed by atoms with van der Waals surface area (Å²) in [5.41, 5.74) is -5.97. The predicted molar refractivity (Wildman–Crippen MR) is 58.4 cm³/mol. The van der Waals surface area contributed by atoms with E-state index in [9.17, 15) is 30.7 Å². The predicted octanol–water partition coefficient (Wildman–Crippen LogP) is 4.51. The summed E-state index contributed by atoms with van der Waals surface area (Å²) in [5.74, 6) is -1.39. The molecule has 0 heterocycles. The van der Waals surface area contributed by atoms with Gasteiger partial charge in [-0.05, 0) is 30.0 Å². The molecule has 0 aromatic heterocycles. The van der Waals surface area contributed by atoms with Gasteiger partial charge in [-0.1, -0.05) is 0 Å². The zero-order chi connectivity index (χ0) is 14.7. The van der Waals surface area contributed by atoms with Gasteiger partial charge in [0.1, 0.15) is 5.82 Å². The molecule has 108 valence electrons. The summed E-state index contributed by atoms with van der Waals surface area (Å²) in [6.07, 6.45) is -4.63. The van der Waals surface area contributed by atoms with E-state index in [0.717, 1.165) is 0 Å². The Morgan fingerprint density at radius 1 is 1.05 bits per heavy atom. The second-order valence-electron chi connectivity index (χ2n) is 3.41. The fourth-order valence-electron chi connectivity index (χ4n) is 1.19. The van der Waals surface area contributed by atoms with Crippen LogP contribution in [0.25, 0.3) is 0 Å². The van der Waals surface area contributed by atoms with Gasteiger partial charge >= 0.3 is 11.7 Å². The Morgan fingerprint density at radius 3 is 2.21 bits per heavy atom. The third kappa shape index (κ3) is 5.58. The van der Waals surface area contributed by atoms with Gasteiger partial charge in [0.2, 0.25) is 0 Å². The molecule has 0 saturated carbocycles. The molecule has 0 radical (unpaired) electrons. The SMILES string of the molecule is Fc1ccc(C(F)(F)F)cc1NCCSC(F)(F)F. The van der Waals surface area contributed by atoms with Crippen LogP contribution in [0, 0.1) is 5.82 Å². The number of thioether (sulfide) groups is 1. The van der Waals surface area contributed by atoms with E-state index in [4.69, 9.17) is 0 Å². The number of benzene rings is 1. The lowest BCUT2D eigenvalue weighted by Gasteiger charge is -2.12. The monoisotopic (exact) mass is 307 g/mol. The van der Waals surface area contributed by atoms with Crippen LogP contribution in [0.15, 0.2) is 18.2 Å². The Kier molecular flexibility index (Phi) is 4.94. The zero-order valence-electron chi connectivity index (χ0n) is 9.20. The summed E-state index contributed by atoms with van der Waals surface area (Å²) >= 11 is -0.339. The highest BCUT2D eigenvalue weighted by atomic mass is 32.2. The number of hydrogen-bond donors (Lipinski definition) is 1. The first kappa shape index (κ1) is 15.9. The minimum atomic E-state index is -4.63. The average Bonchev–Trinajstić information content (AvgIpc) is 2.23. The molecule has 0 atom stereocenters. The molecule has 0 fully saturated rings. The molecule has 0 aliphatic carbocycles. The highest BCUT2D eigenvalue weighted by Gasteiger charge is 2.31. The van der Waals surface area contributed by atoms with Gasteiger partial charge < -0.3 is 5.32 Å². The van der Waals surface area contributed by atoms with Crippen molar-refractivity contribution in [3.05, 3.63) is 29.6 Å². The molecule has 0 bridgehead atoms. The summed E-state index contributed by atoms with van der Waals surface area (Å²) in [7, 11) is 0. The second-order valence-corrected chi connectivity index (χ2v) is 4.57. The van der Waals surface area contributed by atoms with Crippen molar-refractivity contribution in [3.8, 4) is 0 Å². The third-order valence-electron chi connectivity index (χ3n) is 1.98. The Balaban J connectivity index is 2.63. The summed E-state index contributed by atoms with van der Waals surface area (Å²) in [6, 6.07) is 1.70. The van der Waals surface area contributed by atoms with Gasteiger partial charge in [-0.25, -0.2) is 4.39 Å². The van der Waals surface area contributed by atoms with Crippen molar-refractivity contribution in [1.82, 2.24) is 0 Å². The van der Waals surface area contributed by atoms with Crippen LogP contribution in [0.2, 0.25) is 0 Å². The van der Waals surface area contributed by atoms with Crippen LogP contribution < -0.4 is 5.32 Å². The lowest BCUT2D eigenvalue weighted by Crippen LogP contribution is -2.12. The third-order valence-corrected chi connectivity index (χ3v) is 2.71. The molecular formula is C10H8F7NS. The topological polar surface area (TPSA) is 12.0 Å². The van der Waals surface area contributed by atoms with Crippen molar-refractivity contribution < 1.29 is 30.7 Å². The molecule has 0 unspecified atom stereocenters. The summed E-state index contributed by atoms with van der Waals surface area (Å²) in [6.45, 7) is -0.303. The Bertz CT molecular complexity index is 427. The van der Waals surface area contributed by atoms with Crippen molar-refractivity contribution in [1.29, 1.82) is 0 Å². The minimum absolute atomic E-state index is 0.303. The molecule has 0 spiro atoms. The molecule has 1 aromatic rings. The number of anilines is 1. The summed E-state index contributed by atoms with van der Waals surface area (Å²) < 4.78 is 85.6. The molecule has 0 aliphatic rings. The first-order valence-corrected chi connectivity index (χ1v) is 5.89. The van der Waals surface area contributed by atoms with Crippen molar-refractivity contribution in [2.24, 2.45) is 0 Å². The highest BCUT2D eigenvalue weighted by molar-refractivity contribution is 8.00. The van der Waals surface area contributed by atoms with Gasteiger partial charge in [0.15, 0.2) is 0 Å². The Morgan fingerprint density at radius 2 is 1.68 bits per heavy atom. The highest BCUT2D eigenvalue weighted by Crippen LogP contribution is 2.32.